The van der Waals surface area contributed by atoms with Crippen molar-refractivity contribution in [3.63, 3.8) is 0 Å². The molecule has 166 valence electrons. The molecule has 0 bridgehead atoms. The van der Waals surface area contributed by atoms with E-state index in [1.165, 1.54) is 4.90 Å². The summed E-state index contributed by atoms with van der Waals surface area (Å²) in [5.41, 5.74) is 4.81. The van der Waals surface area contributed by atoms with Crippen LogP contribution in [0.4, 0.5) is 11.4 Å². The Balaban J connectivity index is 1.33. The highest BCUT2D eigenvalue weighted by molar-refractivity contribution is 6.34. The molecule has 1 aliphatic heterocycles. The molecule has 2 N–H and O–H groups in total. The molecule has 4 aromatic carbocycles. The summed E-state index contributed by atoms with van der Waals surface area (Å²) in [6.45, 7) is 0.478. The lowest BCUT2D eigenvalue weighted by Crippen LogP contribution is -2.29. The summed E-state index contributed by atoms with van der Waals surface area (Å²) < 4.78 is 0. The first-order chi connectivity index (χ1) is 16.5. The summed E-state index contributed by atoms with van der Waals surface area (Å²) in [6, 6.07) is 28.6. The van der Waals surface area contributed by atoms with E-state index < -0.39 is 5.97 Å². The zero-order chi connectivity index (χ0) is 23.7. The molecule has 4 aromatic rings. The quantitative estimate of drug-likeness (QED) is 0.382. The van der Waals surface area contributed by atoms with Gasteiger partial charge in [0, 0.05) is 12.2 Å². The maximum absolute atomic E-state index is 12.7. The minimum Gasteiger partial charge on any atom is -0.478 e. The van der Waals surface area contributed by atoms with E-state index in [9.17, 15) is 19.5 Å². The van der Waals surface area contributed by atoms with Crippen LogP contribution < -0.4 is 10.2 Å². The Morgan fingerprint density at radius 3 is 1.97 bits per heavy atom. The Labute approximate surface area is 196 Å². The first-order valence-electron chi connectivity index (χ1n) is 10.8. The molecule has 1 heterocycles. The Hall–Kier alpha value is -4.71. The molecule has 0 radical (unpaired) electrons. The fourth-order valence-electron chi connectivity index (χ4n) is 4.10. The van der Waals surface area contributed by atoms with Crippen LogP contribution in [0.5, 0.6) is 0 Å². The third-order valence-corrected chi connectivity index (χ3v) is 5.82. The molecular formula is C28H20N2O4. The third-order valence-electron chi connectivity index (χ3n) is 5.82. The van der Waals surface area contributed by atoms with Gasteiger partial charge in [-0.3, -0.25) is 9.59 Å². The largest absolute Gasteiger partial charge is 0.478 e. The molecule has 0 aromatic heterocycles. The van der Waals surface area contributed by atoms with Gasteiger partial charge in [-0.1, -0.05) is 48.5 Å². The Kier molecular flexibility index (Phi) is 5.40. The number of amides is 2. The van der Waals surface area contributed by atoms with E-state index >= 15 is 0 Å². The van der Waals surface area contributed by atoms with Gasteiger partial charge in [-0.25, -0.2) is 9.69 Å². The maximum Gasteiger partial charge on any atom is 0.336 e. The van der Waals surface area contributed by atoms with Gasteiger partial charge in [-0.15, -0.1) is 0 Å². The number of hydrogen-bond acceptors (Lipinski definition) is 4. The van der Waals surface area contributed by atoms with E-state index in [0.717, 1.165) is 16.8 Å². The molecule has 5 rings (SSSR count). The van der Waals surface area contributed by atoms with Crippen LogP contribution in [-0.4, -0.2) is 22.9 Å². The van der Waals surface area contributed by atoms with E-state index in [0.29, 0.717) is 28.9 Å². The molecule has 0 saturated heterocycles. The Morgan fingerprint density at radius 1 is 0.735 bits per heavy atom. The average Bonchev–Trinajstić information content (AvgIpc) is 3.13. The number of nitrogens with one attached hydrogen (secondary N) is 1. The van der Waals surface area contributed by atoms with E-state index in [1.54, 1.807) is 48.5 Å². The van der Waals surface area contributed by atoms with Crippen LogP contribution in [0.15, 0.2) is 97.1 Å². The van der Waals surface area contributed by atoms with Crippen LogP contribution in [0.25, 0.3) is 11.1 Å². The lowest BCUT2D eigenvalue weighted by molar-refractivity contribution is 0.0697. The van der Waals surface area contributed by atoms with E-state index in [2.05, 4.69) is 5.32 Å². The molecule has 0 atom stereocenters. The average molecular weight is 448 g/mol. The van der Waals surface area contributed by atoms with Crippen molar-refractivity contribution in [1.29, 1.82) is 0 Å². The van der Waals surface area contributed by atoms with E-state index in [-0.39, 0.29) is 17.4 Å². The number of carboxylic acids is 1. The van der Waals surface area contributed by atoms with Crippen LogP contribution in [0.2, 0.25) is 0 Å². The van der Waals surface area contributed by atoms with Crippen molar-refractivity contribution >= 4 is 29.2 Å². The highest BCUT2D eigenvalue weighted by atomic mass is 16.4. The number of fused-ring (bicyclic) bond motifs is 1. The number of aromatic carboxylic acids is 1. The third kappa shape index (κ3) is 3.82. The molecule has 1 aliphatic rings. The van der Waals surface area contributed by atoms with Gasteiger partial charge >= 0.3 is 5.97 Å². The highest BCUT2D eigenvalue weighted by Gasteiger charge is 2.36. The fraction of sp³-hybridized carbons (Fsp3) is 0.0357. The van der Waals surface area contributed by atoms with Gasteiger partial charge in [-0.05, 0) is 65.2 Å². The standard InChI is InChI=1S/C28H20N2O4/c31-26-22-8-4-5-9-23(22)27(32)30(26)21-13-11-20(12-14-21)29-17-18-10-15-24(28(33)34)25(16-18)19-6-2-1-3-7-19/h1-16,29H,17H2,(H,33,34). The van der Waals surface area contributed by atoms with Crippen molar-refractivity contribution in [2.75, 3.05) is 10.2 Å². The summed E-state index contributed by atoms with van der Waals surface area (Å²) in [5.74, 6) is -1.62. The van der Waals surface area contributed by atoms with Gasteiger partial charge in [0.15, 0.2) is 0 Å². The van der Waals surface area contributed by atoms with Crippen LogP contribution in [-0.2, 0) is 6.54 Å². The van der Waals surface area contributed by atoms with Gasteiger partial charge in [0.25, 0.3) is 11.8 Å². The normalized spacial score (nSPS) is 12.5. The van der Waals surface area contributed by atoms with Gasteiger partial charge in [0.2, 0.25) is 0 Å². The number of anilines is 2. The number of carboxylic acid groups (broad SMARTS) is 1. The predicted molar refractivity (Wildman–Crippen MR) is 130 cm³/mol. The van der Waals surface area contributed by atoms with Crippen molar-refractivity contribution in [2.24, 2.45) is 0 Å². The number of hydrogen-bond donors (Lipinski definition) is 2. The molecule has 34 heavy (non-hydrogen) atoms. The highest BCUT2D eigenvalue weighted by Crippen LogP contribution is 2.29. The number of carbonyl (C=O) groups is 3. The second kappa shape index (κ2) is 8.67. The van der Waals surface area contributed by atoms with Gasteiger partial charge in [-0.2, -0.15) is 0 Å². The molecule has 0 fully saturated rings. The predicted octanol–water partition coefficient (Wildman–Crippen LogP) is 5.46. The molecule has 2 amide bonds. The molecule has 0 unspecified atom stereocenters. The van der Waals surface area contributed by atoms with Crippen LogP contribution in [0.3, 0.4) is 0 Å². The first-order valence-corrected chi connectivity index (χ1v) is 10.8. The lowest BCUT2D eigenvalue weighted by atomic mass is 9.97. The number of benzene rings is 4. The van der Waals surface area contributed by atoms with Crippen molar-refractivity contribution in [1.82, 2.24) is 0 Å². The monoisotopic (exact) mass is 448 g/mol. The van der Waals surface area contributed by atoms with Gasteiger partial charge in [0.1, 0.15) is 0 Å². The van der Waals surface area contributed by atoms with Gasteiger partial charge in [0.05, 0.1) is 22.4 Å². The molecule has 6 nitrogen and oxygen atoms in total. The van der Waals surface area contributed by atoms with Crippen LogP contribution in [0.1, 0.15) is 36.6 Å². The van der Waals surface area contributed by atoms with Crippen molar-refractivity contribution < 1.29 is 19.5 Å². The maximum atomic E-state index is 12.7. The summed E-state index contributed by atoms with van der Waals surface area (Å²) in [5, 5.41) is 12.9. The number of carbonyl (C=O) groups excluding carboxylic acids is 2. The SMILES string of the molecule is O=C(O)c1ccc(CNc2ccc(N3C(=O)c4ccccc4C3=O)cc2)cc1-c1ccccc1. The fourth-order valence-corrected chi connectivity index (χ4v) is 4.10. The number of rotatable bonds is 6. The topological polar surface area (TPSA) is 86.7 Å². The zero-order valence-corrected chi connectivity index (χ0v) is 18.1. The van der Waals surface area contributed by atoms with E-state index in [1.807, 2.05) is 48.5 Å². The van der Waals surface area contributed by atoms with Gasteiger partial charge < -0.3 is 10.4 Å². The Bertz CT molecular complexity index is 1380. The minimum atomic E-state index is -0.970. The van der Waals surface area contributed by atoms with Crippen LogP contribution in [0, 0.1) is 0 Å². The smallest absolute Gasteiger partial charge is 0.336 e. The molecule has 0 aliphatic carbocycles. The second-order valence-corrected chi connectivity index (χ2v) is 7.94. The molecule has 6 heteroatoms. The second-order valence-electron chi connectivity index (χ2n) is 7.94. The van der Waals surface area contributed by atoms with Crippen molar-refractivity contribution in [3.8, 4) is 11.1 Å². The number of nitrogens with zero attached hydrogens (tertiary/aromatic N) is 1. The molecule has 0 spiro atoms. The molecular weight excluding hydrogens is 428 g/mol. The van der Waals surface area contributed by atoms with Crippen LogP contribution >= 0.6 is 0 Å². The summed E-state index contributed by atoms with van der Waals surface area (Å²) >= 11 is 0. The Morgan fingerprint density at radius 2 is 1.35 bits per heavy atom. The zero-order valence-electron chi connectivity index (χ0n) is 18.1. The van der Waals surface area contributed by atoms with Crippen molar-refractivity contribution in [3.05, 3.63) is 119 Å². The number of imide groups is 1. The summed E-state index contributed by atoms with van der Waals surface area (Å²) in [4.78, 5) is 38.2. The minimum absolute atomic E-state index is 0.250. The van der Waals surface area contributed by atoms with E-state index in [4.69, 9.17) is 0 Å². The first kappa shape index (κ1) is 21.2. The lowest BCUT2D eigenvalue weighted by Gasteiger charge is -2.15. The summed E-state index contributed by atoms with van der Waals surface area (Å²) in [7, 11) is 0. The summed E-state index contributed by atoms with van der Waals surface area (Å²) in [6.07, 6.45) is 0. The van der Waals surface area contributed by atoms with Crippen molar-refractivity contribution in [2.45, 2.75) is 6.54 Å². The molecule has 0 saturated carbocycles.